The first kappa shape index (κ1) is 14.6. The minimum absolute atomic E-state index is 0.618. The lowest BCUT2D eigenvalue weighted by Crippen LogP contribution is -1.81. The average molecular weight is 357 g/mol. The second-order valence-electron chi connectivity index (χ2n) is 4.68. The monoisotopic (exact) mass is 357 g/mol. The maximum atomic E-state index is 5.30. The van der Waals surface area contributed by atoms with Gasteiger partial charge in [0.1, 0.15) is 0 Å². The highest BCUT2D eigenvalue weighted by molar-refractivity contribution is 8.00. The fraction of sp³-hybridized carbons (Fsp3) is 0.0625. The van der Waals surface area contributed by atoms with Crippen LogP contribution in [0.4, 0.5) is 0 Å². The Labute approximate surface area is 145 Å². The summed E-state index contributed by atoms with van der Waals surface area (Å²) in [4.78, 5) is 9.06. The molecule has 7 heteroatoms. The lowest BCUT2D eigenvalue weighted by atomic mass is 10.2. The zero-order chi connectivity index (χ0) is 15.5. The van der Waals surface area contributed by atoms with E-state index in [0.717, 1.165) is 21.2 Å². The second kappa shape index (κ2) is 6.66. The smallest absolute Gasteiger partial charge is 0.237 e. The van der Waals surface area contributed by atoms with E-state index in [9.17, 15) is 0 Å². The van der Waals surface area contributed by atoms with Gasteiger partial charge in [0.15, 0.2) is 4.34 Å². The van der Waals surface area contributed by atoms with Gasteiger partial charge in [-0.25, -0.2) is 4.98 Å². The summed E-state index contributed by atoms with van der Waals surface area (Å²) in [6, 6.07) is 12.2. The van der Waals surface area contributed by atoms with E-state index in [4.69, 9.17) is 4.52 Å². The number of benzene rings is 1. The van der Waals surface area contributed by atoms with Gasteiger partial charge in [-0.1, -0.05) is 47.3 Å². The molecule has 0 aliphatic carbocycles. The molecule has 23 heavy (non-hydrogen) atoms. The van der Waals surface area contributed by atoms with Gasteiger partial charge < -0.3 is 4.52 Å². The van der Waals surface area contributed by atoms with Crippen LogP contribution in [0.3, 0.4) is 0 Å². The highest BCUT2D eigenvalue weighted by Crippen LogP contribution is 2.30. The standard InChI is InChI=1S/C16H11N3OS3/c1-2-4-11(5-3-1)13-9-22-16(17-13)23-10-14-18-15(19-20-14)12-6-7-21-8-12/h1-9H,10H2. The van der Waals surface area contributed by atoms with Gasteiger partial charge >= 0.3 is 0 Å². The van der Waals surface area contributed by atoms with Crippen LogP contribution in [0.5, 0.6) is 0 Å². The molecule has 4 rings (SSSR count). The number of nitrogens with zero attached hydrogens (tertiary/aromatic N) is 3. The van der Waals surface area contributed by atoms with E-state index in [1.165, 1.54) is 0 Å². The highest BCUT2D eigenvalue weighted by Gasteiger charge is 2.11. The van der Waals surface area contributed by atoms with Crippen molar-refractivity contribution < 1.29 is 4.52 Å². The fourth-order valence-electron chi connectivity index (χ4n) is 2.01. The highest BCUT2D eigenvalue weighted by atomic mass is 32.2. The molecule has 114 valence electrons. The number of thiophene rings is 1. The van der Waals surface area contributed by atoms with Crippen molar-refractivity contribution in [1.29, 1.82) is 0 Å². The predicted octanol–water partition coefficient (Wildman–Crippen LogP) is 5.21. The van der Waals surface area contributed by atoms with Gasteiger partial charge in [-0.15, -0.1) is 11.3 Å². The van der Waals surface area contributed by atoms with Gasteiger partial charge in [-0.05, 0) is 11.4 Å². The Kier molecular flexibility index (Phi) is 4.23. The van der Waals surface area contributed by atoms with Gasteiger partial charge in [0.05, 0.1) is 11.4 Å². The van der Waals surface area contributed by atoms with Crippen LogP contribution in [0, 0.1) is 0 Å². The third kappa shape index (κ3) is 3.36. The average Bonchev–Trinajstić information content (AvgIpc) is 3.33. The van der Waals surface area contributed by atoms with Gasteiger partial charge in [0.25, 0.3) is 0 Å². The Morgan fingerprint density at radius 1 is 1.00 bits per heavy atom. The van der Waals surface area contributed by atoms with Crippen LogP contribution in [-0.4, -0.2) is 15.1 Å². The Hall–Kier alpha value is -1.96. The summed E-state index contributed by atoms with van der Waals surface area (Å²) < 4.78 is 6.30. The summed E-state index contributed by atoms with van der Waals surface area (Å²) >= 11 is 4.86. The Morgan fingerprint density at radius 3 is 2.74 bits per heavy atom. The van der Waals surface area contributed by atoms with Gasteiger partial charge in [-0.3, -0.25) is 0 Å². The van der Waals surface area contributed by atoms with Crippen LogP contribution in [-0.2, 0) is 5.75 Å². The van der Waals surface area contributed by atoms with E-state index in [2.05, 4.69) is 32.6 Å². The quantitative estimate of drug-likeness (QED) is 0.459. The molecule has 0 aliphatic rings. The predicted molar refractivity (Wildman–Crippen MR) is 94.7 cm³/mol. The van der Waals surface area contributed by atoms with Crippen LogP contribution in [0.15, 0.2) is 61.4 Å². The molecule has 0 amide bonds. The fourth-order valence-corrected chi connectivity index (χ4v) is 4.32. The SMILES string of the molecule is c1ccc(-c2csc(SCc3nc(-c4ccsc4)no3)n2)cc1. The zero-order valence-corrected chi connectivity index (χ0v) is 14.3. The summed E-state index contributed by atoms with van der Waals surface area (Å²) in [5, 5.41) is 10.1. The molecule has 3 aromatic heterocycles. The summed E-state index contributed by atoms with van der Waals surface area (Å²) in [5.41, 5.74) is 3.13. The van der Waals surface area contributed by atoms with E-state index >= 15 is 0 Å². The molecular weight excluding hydrogens is 346 g/mol. The molecule has 0 atom stereocenters. The second-order valence-corrected chi connectivity index (χ2v) is 7.54. The zero-order valence-electron chi connectivity index (χ0n) is 11.9. The van der Waals surface area contributed by atoms with E-state index in [0.29, 0.717) is 17.5 Å². The molecule has 0 saturated heterocycles. The van der Waals surface area contributed by atoms with Crippen LogP contribution in [0.2, 0.25) is 0 Å². The minimum atomic E-state index is 0.618. The van der Waals surface area contributed by atoms with E-state index in [1.54, 1.807) is 34.4 Å². The first-order valence-corrected chi connectivity index (χ1v) is 9.68. The number of thioether (sulfide) groups is 1. The van der Waals surface area contributed by atoms with Crippen molar-refractivity contribution in [2.24, 2.45) is 0 Å². The number of hydrogen-bond donors (Lipinski definition) is 0. The molecule has 0 bridgehead atoms. The lowest BCUT2D eigenvalue weighted by molar-refractivity contribution is 0.391. The third-order valence-electron chi connectivity index (χ3n) is 3.12. The number of aromatic nitrogens is 3. The first-order valence-electron chi connectivity index (χ1n) is 6.87. The van der Waals surface area contributed by atoms with Crippen molar-refractivity contribution in [3.63, 3.8) is 0 Å². The van der Waals surface area contributed by atoms with Crippen molar-refractivity contribution in [2.45, 2.75) is 10.1 Å². The normalized spacial score (nSPS) is 11.0. The minimum Gasteiger partial charge on any atom is -0.338 e. The maximum absolute atomic E-state index is 5.30. The molecule has 0 fully saturated rings. The van der Waals surface area contributed by atoms with Gasteiger partial charge in [-0.2, -0.15) is 16.3 Å². The van der Waals surface area contributed by atoms with Crippen molar-refractivity contribution in [2.75, 3.05) is 0 Å². The molecule has 0 spiro atoms. The third-order valence-corrected chi connectivity index (χ3v) is 5.81. The number of rotatable bonds is 5. The van der Waals surface area contributed by atoms with Crippen molar-refractivity contribution in [1.82, 2.24) is 15.1 Å². The Bertz CT molecular complexity index is 884. The number of thiazole rings is 1. The topological polar surface area (TPSA) is 51.8 Å². The molecule has 1 aromatic carbocycles. The first-order chi connectivity index (χ1) is 11.4. The Morgan fingerprint density at radius 2 is 1.91 bits per heavy atom. The van der Waals surface area contributed by atoms with Crippen LogP contribution in [0.25, 0.3) is 22.6 Å². The molecule has 4 aromatic rings. The van der Waals surface area contributed by atoms with Crippen LogP contribution < -0.4 is 0 Å². The molecule has 0 aliphatic heterocycles. The van der Waals surface area contributed by atoms with Crippen molar-refractivity contribution in [3.05, 3.63) is 58.4 Å². The van der Waals surface area contributed by atoms with Crippen LogP contribution >= 0.6 is 34.4 Å². The van der Waals surface area contributed by atoms with Gasteiger partial charge in [0.2, 0.25) is 11.7 Å². The summed E-state index contributed by atoms with van der Waals surface area (Å²) in [7, 11) is 0. The molecule has 4 nitrogen and oxygen atoms in total. The van der Waals surface area contributed by atoms with Gasteiger partial charge in [0, 0.05) is 21.9 Å². The lowest BCUT2D eigenvalue weighted by Gasteiger charge is -1.94. The Balaban J connectivity index is 1.43. The number of hydrogen-bond acceptors (Lipinski definition) is 7. The molecule has 0 radical (unpaired) electrons. The summed E-state index contributed by atoms with van der Waals surface area (Å²) in [5.74, 6) is 1.89. The molecule has 3 heterocycles. The molecule has 0 N–H and O–H groups in total. The maximum Gasteiger partial charge on any atom is 0.237 e. The summed E-state index contributed by atoms with van der Waals surface area (Å²) in [6.07, 6.45) is 0. The van der Waals surface area contributed by atoms with E-state index in [-0.39, 0.29) is 0 Å². The van der Waals surface area contributed by atoms with Crippen LogP contribution in [0.1, 0.15) is 5.89 Å². The van der Waals surface area contributed by atoms with E-state index in [1.807, 2.05) is 35.0 Å². The van der Waals surface area contributed by atoms with Crippen molar-refractivity contribution in [3.8, 4) is 22.6 Å². The summed E-state index contributed by atoms with van der Waals surface area (Å²) in [6.45, 7) is 0. The molecule has 0 unspecified atom stereocenters. The largest absolute Gasteiger partial charge is 0.338 e. The van der Waals surface area contributed by atoms with E-state index < -0.39 is 0 Å². The van der Waals surface area contributed by atoms with Crippen molar-refractivity contribution >= 4 is 34.4 Å². The molecule has 0 saturated carbocycles. The molecular formula is C16H11N3OS3.